The van der Waals surface area contributed by atoms with Crippen molar-refractivity contribution in [1.82, 2.24) is 4.90 Å². The fourth-order valence-electron chi connectivity index (χ4n) is 1.28. The quantitative estimate of drug-likeness (QED) is 0.344. The van der Waals surface area contributed by atoms with Crippen LogP contribution in [0.25, 0.3) is 0 Å². The predicted molar refractivity (Wildman–Crippen MR) is 68.5 cm³/mol. The van der Waals surface area contributed by atoms with Crippen LogP contribution in [0.15, 0.2) is 24.7 Å². The van der Waals surface area contributed by atoms with Gasteiger partial charge in [-0.15, -0.1) is 0 Å². The molecular weight excluding hydrogens is 298 g/mol. The SMILES string of the molecule is C=CN(CC(O)(P(=O)(O)O)P(=O)(O)O)/C(=C\N)CC. The second-order valence-electron chi connectivity index (χ2n) is 3.68. The monoisotopic (exact) mass is 316 g/mol. The van der Waals surface area contributed by atoms with Gasteiger partial charge in [-0.1, -0.05) is 13.5 Å². The van der Waals surface area contributed by atoms with Gasteiger partial charge in [0.25, 0.3) is 5.08 Å². The van der Waals surface area contributed by atoms with Crippen molar-refractivity contribution >= 4 is 15.2 Å². The molecule has 112 valence electrons. The summed E-state index contributed by atoms with van der Waals surface area (Å²) in [5.74, 6) is 0. The van der Waals surface area contributed by atoms with Crippen LogP contribution in [0.4, 0.5) is 0 Å². The molecule has 0 heterocycles. The van der Waals surface area contributed by atoms with Crippen LogP contribution in [-0.2, 0) is 9.13 Å². The molecule has 0 bridgehead atoms. The van der Waals surface area contributed by atoms with E-state index in [4.69, 9.17) is 25.3 Å². The van der Waals surface area contributed by atoms with Gasteiger partial charge in [-0.05, 0) is 12.6 Å². The van der Waals surface area contributed by atoms with E-state index in [-0.39, 0.29) is 5.70 Å². The van der Waals surface area contributed by atoms with Crippen molar-refractivity contribution < 1.29 is 33.8 Å². The minimum Gasteiger partial charge on any atom is -0.403 e. The summed E-state index contributed by atoms with van der Waals surface area (Å²) in [4.78, 5) is 37.0. The molecule has 0 aromatic carbocycles. The molecule has 0 saturated carbocycles. The molecular formula is C8H18N2O7P2. The largest absolute Gasteiger partial charge is 0.403 e. The van der Waals surface area contributed by atoms with Crippen LogP contribution in [0, 0.1) is 0 Å². The van der Waals surface area contributed by atoms with Crippen LogP contribution in [0.5, 0.6) is 0 Å². The van der Waals surface area contributed by atoms with Gasteiger partial charge in [-0.25, -0.2) is 0 Å². The van der Waals surface area contributed by atoms with Crippen LogP contribution in [-0.4, -0.2) is 41.2 Å². The predicted octanol–water partition coefficient (Wildman–Crippen LogP) is -0.357. The summed E-state index contributed by atoms with van der Waals surface area (Å²) in [7, 11) is -11.0. The van der Waals surface area contributed by atoms with Gasteiger partial charge in [0, 0.05) is 11.9 Å². The first-order chi connectivity index (χ1) is 8.44. The number of hydrogen-bond donors (Lipinski definition) is 6. The maximum absolute atomic E-state index is 11.2. The molecule has 0 aliphatic carbocycles. The maximum Gasteiger partial charge on any atom is 0.371 e. The Morgan fingerprint density at radius 2 is 1.74 bits per heavy atom. The van der Waals surface area contributed by atoms with Gasteiger partial charge in [0.1, 0.15) is 0 Å². The Kier molecular flexibility index (Phi) is 5.98. The first kappa shape index (κ1) is 18.3. The molecule has 7 N–H and O–H groups in total. The summed E-state index contributed by atoms with van der Waals surface area (Å²) in [6.07, 6.45) is 2.45. The molecule has 0 saturated heterocycles. The number of hydrogen-bond acceptors (Lipinski definition) is 5. The van der Waals surface area contributed by atoms with Gasteiger partial charge in [0.15, 0.2) is 0 Å². The summed E-state index contributed by atoms with van der Waals surface area (Å²) in [6.45, 7) is 3.95. The van der Waals surface area contributed by atoms with Gasteiger partial charge in [-0.2, -0.15) is 0 Å². The van der Waals surface area contributed by atoms with E-state index in [2.05, 4.69) is 6.58 Å². The van der Waals surface area contributed by atoms with Crippen molar-refractivity contribution in [3.05, 3.63) is 24.7 Å². The molecule has 0 aromatic rings. The van der Waals surface area contributed by atoms with Gasteiger partial charge < -0.3 is 35.3 Å². The summed E-state index contributed by atoms with van der Waals surface area (Å²) >= 11 is 0. The Balaban J connectivity index is 5.67. The number of aliphatic hydroxyl groups is 1. The van der Waals surface area contributed by atoms with Crippen molar-refractivity contribution in [3.63, 3.8) is 0 Å². The average molecular weight is 316 g/mol. The van der Waals surface area contributed by atoms with Gasteiger partial charge in [-0.3, -0.25) is 9.13 Å². The summed E-state index contributed by atoms with van der Waals surface area (Å²) < 4.78 is 22.4. The van der Waals surface area contributed by atoms with Crippen molar-refractivity contribution in [1.29, 1.82) is 0 Å². The average Bonchev–Trinajstić information content (AvgIpc) is 2.25. The molecule has 0 amide bonds. The Hall–Kier alpha value is -0.660. The minimum absolute atomic E-state index is 0.287. The molecule has 9 nitrogen and oxygen atoms in total. The first-order valence-corrected chi connectivity index (χ1v) is 8.30. The number of allylic oxidation sites excluding steroid dienone is 1. The van der Waals surface area contributed by atoms with Crippen molar-refractivity contribution in [2.45, 2.75) is 18.4 Å². The van der Waals surface area contributed by atoms with E-state index in [0.717, 1.165) is 17.3 Å². The van der Waals surface area contributed by atoms with Crippen LogP contribution in [0.3, 0.4) is 0 Å². The van der Waals surface area contributed by atoms with E-state index < -0.39 is 26.8 Å². The smallest absolute Gasteiger partial charge is 0.371 e. The lowest BCUT2D eigenvalue weighted by molar-refractivity contribution is 0.110. The van der Waals surface area contributed by atoms with Crippen LogP contribution < -0.4 is 5.73 Å². The molecule has 11 heteroatoms. The van der Waals surface area contributed by atoms with E-state index in [1.54, 1.807) is 6.92 Å². The fourth-order valence-corrected chi connectivity index (χ4v) is 3.31. The highest BCUT2D eigenvalue weighted by Gasteiger charge is 2.60. The summed E-state index contributed by atoms with van der Waals surface area (Å²) in [6, 6.07) is 0. The van der Waals surface area contributed by atoms with Gasteiger partial charge in [0.2, 0.25) is 0 Å². The second kappa shape index (κ2) is 6.19. The standard InChI is InChI=1S/C8H18N2O7P2/c1-3-7(5-9)10(4-2)6-8(11,18(12,13)14)19(15,16)17/h4-5,11H,2-3,6,9H2,1H3,(H2,12,13,14)(H2,15,16,17)/b7-5-. The summed E-state index contributed by atoms with van der Waals surface area (Å²) in [5, 5.41) is 6.21. The molecule has 0 atom stereocenters. The number of nitrogens with zero attached hydrogens (tertiary/aromatic N) is 1. The van der Waals surface area contributed by atoms with Crippen LogP contribution in [0.2, 0.25) is 0 Å². The second-order valence-corrected chi connectivity index (χ2v) is 7.69. The zero-order valence-corrected chi connectivity index (χ0v) is 12.0. The molecule has 0 radical (unpaired) electrons. The zero-order chi connectivity index (χ0) is 15.5. The van der Waals surface area contributed by atoms with Crippen molar-refractivity contribution in [2.75, 3.05) is 6.54 Å². The lowest BCUT2D eigenvalue weighted by Crippen LogP contribution is -2.40. The Labute approximate surface area is 110 Å². The molecule has 0 aliphatic rings. The molecule has 0 aliphatic heterocycles. The van der Waals surface area contributed by atoms with E-state index in [0.29, 0.717) is 6.42 Å². The van der Waals surface area contributed by atoms with Crippen LogP contribution >= 0.6 is 15.2 Å². The molecule has 19 heavy (non-hydrogen) atoms. The lowest BCUT2D eigenvalue weighted by Gasteiger charge is -2.34. The maximum atomic E-state index is 11.2. The molecule has 0 spiro atoms. The number of nitrogens with two attached hydrogens (primary N) is 1. The zero-order valence-electron chi connectivity index (χ0n) is 10.2. The molecule has 0 unspecified atom stereocenters. The highest BCUT2D eigenvalue weighted by Crippen LogP contribution is 2.67. The molecule has 0 aromatic heterocycles. The van der Waals surface area contributed by atoms with E-state index in [1.165, 1.54) is 0 Å². The fraction of sp³-hybridized carbons (Fsp3) is 0.500. The van der Waals surface area contributed by atoms with Crippen molar-refractivity contribution in [2.24, 2.45) is 5.73 Å². The normalized spacial score (nSPS) is 14.3. The topological polar surface area (TPSA) is 165 Å². The first-order valence-electron chi connectivity index (χ1n) is 5.08. The third kappa shape index (κ3) is 3.90. The van der Waals surface area contributed by atoms with E-state index in [1.807, 2.05) is 0 Å². The Bertz CT molecular complexity index is 430. The highest BCUT2D eigenvalue weighted by atomic mass is 31.2. The number of rotatable bonds is 7. The third-order valence-electron chi connectivity index (χ3n) is 2.46. The van der Waals surface area contributed by atoms with E-state index in [9.17, 15) is 14.2 Å². The summed E-state index contributed by atoms with van der Waals surface area (Å²) in [5.41, 5.74) is 5.56. The Morgan fingerprint density at radius 3 is 1.95 bits per heavy atom. The third-order valence-corrected chi connectivity index (χ3v) is 6.17. The van der Waals surface area contributed by atoms with Crippen LogP contribution in [0.1, 0.15) is 13.3 Å². The molecule has 0 rings (SSSR count). The van der Waals surface area contributed by atoms with Gasteiger partial charge in [0.05, 0.1) is 6.54 Å². The molecule has 0 fully saturated rings. The van der Waals surface area contributed by atoms with Crippen molar-refractivity contribution in [3.8, 4) is 0 Å². The van der Waals surface area contributed by atoms with Gasteiger partial charge >= 0.3 is 15.2 Å². The Morgan fingerprint density at radius 1 is 1.32 bits per heavy atom. The lowest BCUT2D eigenvalue weighted by atomic mass is 10.3. The minimum atomic E-state index is -5.50. The highest BCUT2D eigenvalue weighted by molar-refractivity contribution is 7.72. The van der Waals surface area contributed by atoms with E-state index >= 15 is 0 Å².